The molecule has 0 spiro atoms. The Bertz CT molecular complexity index is 2100. The van der Waals surface area contributed by atoms with Gasteiger partial charge < -0.3 is 0 Å². The van der Waals surface area contributed by atoms with Crippen LogP contribution < -0.4 is 0 Å². The molecule has 0 heteroatoms. The van der Waals surface area contributed by atoms with Gasteiger partial charge in [0.05, 0.1) is 0 Å². The van der Waals surface area contributed by atoms with Gasteiger partial charge in [-0.15, -0.1) is 0 Å². The Kier molecular flexibility index (Phi) is 3.46. The molecule has 0 N–H and O–H groups in total. The summed E-state index contributed by atoms with van der Waals surface area (Å²) in [6.07, 6.45) is 4.67. The number of fused-ring (bicyclic) bond motifs is 19. The molecule has 0 aliphatic heterocycles. The third-order valence-electron chi connectivity index (χ3n) is 9.07. The second kappa shape index (κ2) is 6.45. The molecule has 170 valence electrons. The second-order valence-electron chi connectivity index (χ2n) is 10.9. The molecule has 0 aromatic heterocycles. The van der Waals surface area contributed by atoms with Gasteiger partial charge >= 0.3 is 0 Å². The van der Waals surface area contributed by atoms with Crippen LogP contribution in [0.25, 0.3) is 86.2 Å². The van der Waals surface area contributed by atoms with Crippen LogP contribution in [-0.2, 0) is 12.8 Å². The van der Waals surface area contributed by atoms with E-state index in [0.717, 1.165) is 12.8 Å². The zero-order valence-electron chi connectivity index (χ0n) is 20.8. The molecule has 0 aliphatic rings. The predicted molar refractivity (Wildman–Crippen MR) is 159 cm³/mol. The molecule has 0 atom stereocenters. The average molecular weight is 459 g/mol. The van der Waals surface area contributed by atoms with Gasteiger partial charge in [0.1, 0.15) is 0 Å². The van der Waals surface area contributed by atoms with Crippen LogP contribution in [0.3, 0.4) is 0 Å². The number of rotatable bonds is 4. The molecule has 9 aromatic carbocycles. The summed E-state index contributed by atoms with van der Waals surface area (Å²) >= 11 is 0. The van der Waals surface area contributed by atoms with Gasteiger partial charge in [-0.05, 0) is 122 Å². The van der Waals surface area contributed by atoms with Crippen molar-refractivity contribution in [2.45, 2.75) is 39.5 Å². The molecule has 0 bridgehead atoms. The van der Waals surface area contributed by atoms with Crippen molar-refractivity contribution in [3.8, 4) is 0 Å². The van der Waals surface area contributed by atoms with Gasteiger partial charge in [-0.25, -0.2) is 0 Å². The quantitative estimate of drug-likeness (QED) is 0.246. The van der Waals surface area contributed by atoms with Crippen LogP contribution >= 0.6 is 0 Å². The van der Waals surface area contributed by atoms with Gasteiger partial charge in [0.15, 0.2) is 0 Å². The maximum absolute atomic E-state index is 2.51. The van der Waals surface area contributed by atoms with Crippen molar-refractivity contribution in [3.63, 3.8) is 0 Å². The molecule has 0 saturated carbocycles. The molecule has 9 rings (SSSR count). The minimum absolute atomic E-state index is 1.15. The SMILES string of the molecule is CCCc1cc2c3ccc4c5cc(CCC)c6c7ccccc7c6c5c4c3c2c2c3ccccc3c12. The lowest BCUT2D eigenvalue weighted by molar-refractivity contribution is 0.931. The molecule has 0 fully saturated rings. The van der Waals surface area contributed by atoms with Crippen LogP contribution in [0.2, 0.25) is 0 Å². The Morgan fingerprint density at radius 1 is 0.361 bits per heavy atom. The van der Waals surface area contributed by atoms with E-state index in [1.807, 2.05) is 0 Å². The highest BCUT2D eigenvalue weighted by atomic mass is 14.3. The molecular formula is C36H26. The normalized spacial score (nSPS) is 13.2. The highest BCUT2D eigenvalue weighted by Crippen LogP contribution is 2.56. The number of hydrogen-bond acceptors (Lipinski definition) is 0. The third-order valence-corrected chi connectivity index (χ3v) is 9.07. The first-order chi connectivity index (χ1) is 17.8. The molecule has 9 aromatic rings. The molecule has 0 saturated heterocycles. The first-order valence-electron chi connectivity index (χ1n) is 13.6. The van der Waals surface area contributed by atoms with Gasteiger partial charge in [0.25, 0.3) is 0 Å². The van der Waals surface area contributed by atoms with E-state index in [0.29, 0.717) is 0 Å². The lowest BCUT2D eigenvalue weighted by atomic mass is 9.75. The maximum Gasteiger partial charge on any atom is -0.000717 e. The van der Waals surface area contributed by atoms with Gasteiger partial charge in [-0.2, -0.15) is 0 Å². The Morgan fingerprint density at radius 2 is 0.667 bits per heavy atom. The van der Waals surface area contributed by atoms with Crippen LogP contribution in [0.1, 0.15) is 37.8 Å². The highest BCUT2D eigenvalue weighted by Gasteiger charge is 2.28. The molecule has 0 aliphatic carbocycles. The first-order valence-corrected chi connectivity index (χ1v) is 13.6. The topological polar surface area (TPSA) is 0 Å². The third kappa shape index (κ3) is 1.99. The summed E-state index contributed by atoms with van der Waals surface area (Å²) in [5.41, 5.74) is 3.06. The lowest BCUT2D eigenvalue weighted by Crippen LogP contribution is -2.01. The van der Waals surface area contributed by atoms with E-state index in [9.17, 15) is 0 Å². The first kappa shape index (κ1) is 19.3. The van der Waals surface area contributed by atoms with E-state index in [1.54, 1.807) is 0 Å². The fraction of sp³-hybridized carbons (Fsp3) is 0.167. The summed E-state index contributed by atoms with van der Waals surface area (Å²) in [7, 11) is 0. The summed E-state index contributed by atoms with van der Waals surface area (Å²) in [5.74, 6) is 0. The van der Waals surface area contributed by atoms with Gasteiger partial charge in [0, 0.05) is 0 Å². The molecule has 36 heavy (non-hydrogen) atoms. The van der Waals surface area contributed by atoms with E-state index >= 15 is 0 Å². The Labute approximate surface area is 209 Å². The Hall–Kier alpha value is -3.90. The minimum atomic E-state index is 1.15. The van der Waals surface area contributed by atoms with Crippen LogP contribution in [0.4, 0.5) is 0 Å². The maximum atomic E-state index is 2.51. The molecule has 0 amide bonds. The van der Waals surface area contributed by atoms with Crippen molar-refractivity contribution < 1.29 is 0 Å². The fourth-order valence-corrected chi connectivity index (χ4v) is 7.67. The lowest BCUT2D eigenvalue weighted by Gasteiger charge is -2.28. The number of benzene rings is 5. The number of aryl methyl sites for hydroxylation is 2. The number of hydrogen-bond donors (Lipinski definition) is 0. The average Bonchev–Trinajstić information content (AvgIpc) is 2.87. The van der Waals surface area contributed by atoms with E-state index < -0.39 is 0 Å². The van der Waals surface area contributed by atoms with Gasteiger partial charge in [-0.3, -0.25) is 0 Å². The summed E-state index contributed by atoms with van der Waals surface area (Å²) in [5, 5.41) is 23.8. The molecular weight excluding hydrogens is 432 g/mol. The summed E-state index contributed by atoms with van der Waals surface area (Å²) in [4.78, 5) is 0. The smallest absolute Gasteiger partial charge is 0.000717 e. The van der Waals surface area contributed by atoms with E-state index in [-0.39, 0.29) is 0 Å². The summed E-state index contributed by atoms with van der Waals surface area (Å²) in [6, 6.07) is 27.9. The standard InChI is InChI=1S/C36H26/c1-3-9-19-17-27-25-15-16-26-28-18-20(10-4-2)30-22-12-6-8-14-24(22)32(30)36(28)34(26)33(25)35(27)31-23-13-7-5-11-21(23)29(19)31/h5-8,11-18H,3-4,9-10H2,1-2H3. The second-order valence-corrected chi connectivity index (χ2v) is 10.9. The molecule has 0 unspecified atom stereocenters. The van der Waals surface area contributed by atoms with Crippen LogP contribution in [0.5, 0.6) is 0 Å². The van der Waals surface area contributed by atoms with Crippen LogP contribution in [0.15, 0.2) is 72.8 Å². The fourth-order valence-electron chi connectivity index (χ4n) is 7.67. The van der Waals surface area contributed by atoms with Crippen LogP contribution in [0, 0.1) is 0 Å². The largest absolute Gasteiger partial charge is 0.0651 e. The minimum Gasteiger partial charge on any atom is -0.0651 e. The van der Waals surface area contributed by atoms with E-state index in [2.05, 4.69) is 86.6 Å². The zero-order chi connectivity index (χ0) is 23.7. The van der Waals surface area contributed by atoms with Crippen LogP contribution in [-0.4, -0.2) is 0 Å². The monoisotopic (exact) mass is 458 g/mol. The van der Waals surface area contributed by atoms with Crippen molar-refractivity contribution in [1.29, 1.82) is 0 Å². The highest BCUT2D eigenvalue weighted by molar-refractivity contribution is 6.53. The molecule has 0 nitrogen and oxygen atoms in total. The van der Waals surface area contributed by atoms with Crippen molar-refractivity contribution in [2.75, 3.05) is 0 Å². The van der Waals surface area contributed by atoms with Gasteiger partial charge in [-0.1, -0.05) is 87.4 Å². The molecule has 0 heterocycles. The van der Waals surface area contributed by atoms with Crippen molar-refractivity contribution in [1.82, 2.24) is 0 Å². The zero-order valence-corrected chi connectivity index (χ0v) is 20.8. The van der Waals surface area contributed by atoms with Crippen molar-refractivity contribution >= 4 is 86.2 Å². The van der Waals surface area contributed by atoms with Crippen molar-refractivity contribution in [2.24, 2.45) is 0 Å². The molecule has 0 radical (unpaired) electrons. The Morgan fingerprint density at radius 3 is 1.06 bits per heavy atom. The van der Waals surface area contributed by atoms with E-state index in [1.165, 1.54) is 110 Å². The predicted octanol–water partition coefficient (Wildman–Crippen LogP) is 10.6. The van der Waals surface area contributed by atoms with E-state index in [4.69, 9.17) is 0 Å². The summed E-state index contributed by atoms with van der Waals surface area (Å²) < 4.78 is 0. The van der Waals surface area contributed by atoms with Crippen molar-refractivity contribution in [3.05, 3.63) is 83.9 Å². The van der Waals surface area contributed by atoms with Gasteiger partial charge in [0.2, 0.25) is 0 Å². The Balaban J connectivity index is 1.48. The summed E-state index contributed by atoms with van der Waals surface area (Å²) in [6.45, 7) is 4.60.